The lowest BCUT2D eigenvalue weighted by Gasteiger charge is -2.07. The van der Waals surface area contributed by atoms with E-state index in [2.05, 4.69) is 31.1 Å². The van der Waals surface area contributed by atoms with Crippen LogP contribution >= 0.6 is 11.8 Å². The fourth-order valence-electron chi connectivity index (χ4n) is 2.33. The maximum absolute atomic E-state index is 12.2. The van der Waals surface area contributed by atoms with Crippen LogP contribution < -0.4 is 10.6 Å². The number of anilines is 1. The van der Waals surface area contributed by atoms with Crippen molar-refractivity contribution in [1.82, 2.24) is 30.5 Å². The molecule has 10 heteroatoms. The predicted molar refractivity (Wildman–Crippen MR) is 105 cm³/mol. The summed E-state index contributed by atoms with van der Waals surface area (Å²) in [6.45, 7) is 0.502. The van der Waals surface area contributed by atoms with Crippen LogP contribution in [0.1, 0.15) is 16.1 Å². The molecule has 0 atom stereocenters. The summed E-state index contributed by atoms with van der Waals surface area (Å²) in [5.74, 6) is -0.163. The smallest absolute Gasteiger partial charge is 0.251 e. The van der Waals surface area contributed by atoms with Gasteiger partial charge in [-0.2, -0.15) is 0 Å². The number of aryl methyl sites for hydroxylation is 1. The normalized spacial score (nSPS) is 10.5. The molecule has 0 aliphatic rings. The zero-order valence-electron chi connectivity index (χ0n) is 15.2. The third-order valence-electron chi connectivity index (χ3n) is 3.74. The number of hydrogen-bond acceptors (Lipinski definition) is 7. The zero-order valence-corrected chi connectivity index (χ0v) is 16.0. The fraction of sp³-hybridized carbons (Fsp3) is 0.222. The van der Waals surface area contributed by atoms with E-state index < -0.39 is 0 Å². The summed E-state index contributed by atoms with van der Waals surface area (Å²) in [5, 5.41) is 17.2. The molecule has 0 unspecified atom stereocenters. The standard InChI is InChI=1S/C18H19N7O2S/c1-25-18(22-23-24-25)28-12-16(26)21-15-7-5-13(6-8-15)17(27)20-11-9-14-4-2-3-10-19-14/h2-8,10H,9,11-12H2,1H3,(H,20,27)(H,21,26). The largest absolute Gasteiger partial charge is 0.352 e. The molecule has 0 fully saturated rings. The molecule has 9 nitrogen and oxygen atoms in total. The van der Waals surface area contributed by atoms with Crippen LogP contribution in [0.3, 0.4) is 0 Å². The van der Waals surface area contributed by atoms with Gasteiger partial charge in [-0.3, -0.25) is 14.6 Å². The minimum absolute atomic E-state index is 0.167. The molecule has 0 saturated heterocycles. The molecule has 2 heterocycles. The van der Waals surface area contributed by atoms with Crippen molar-refractivity contribution in [3.8, 4) is 0 Å². The molecular weight excluding hydrogens is 378 g/mol. The first kappa shape index (κ1) is 19.5. The van der Waals surface area contributed by atoms with E-state index in [1.807, 2.05) is 18.2 Å². The molecule has 2 N–H and O–H groups in total. The molecule has 2 amide bonds. The highest BCUT2D eigenvalue weighted by Gasteiger charge is 2.09. The number of thioether (sulfide) groups is 1. The SMILES string of the molecule is Cn1nnnc1SCC(=O)Nc1ccc(C(=O)NCCc2ccccn2)cc1. The summed E-state index contributed by atoms with van der Waals surface area (Å²) in [6, 6.07) is 12.4. The molecule has 3 aromatic rings. The van der Waals surface area contributed by atoms with E-state index in [1.54, 1.807) is 37.5 Å². The second kappa shape index (κ2) is 9.60. The molecule has 0 aliphatic carbocycles. The molecule has 2 aromatic heterocycles. The van der Waals surface area contributed by atoms with E-state index in [9.17, 15) is 9.59 Å². The minimum Gasteiger partial charge on any atom is -0.352 e. The van der Waals surface area contributed by atoms with Gasteiger partial charge in [0.25, 0.3) is 5.91 Å². The summed E-state index contributed by atoms with van der Waals surface area (Å²) in [6.07, 6.45) is 2.40. The molecule has 28 heavy (non-hydrogen) atoms. The van der Waals surface area contributed by atoms with Crippen molar-refractivity contribution in [2.24, 2.45) is 7.05 Å². The molecule has 0 radical (unpaired) electrons. The lowest BCUT2D eigenvalue weighted by Crippen LogP contribution is -2.25. The van der Waals surface area contributed by atoms with Crippen LogP contribution in [0.5, 0.6) is 0 Å². The number of carbonyl (C=O) groups is 2. The Morgan fingerprint density at radius 3 is 2.64 bits per heavy atom. The number of tetrazole rings is 1. The number of amides is 2. The Balaban J connectivity index is 1.44. The number of nitrogens with one attached hydrogen (secondary N) is 2. The maximum atomic E-state index is 12.2. The Morgan fingerprint density at radius 1 is 1.14 bits per heavy atom. The maximum Gasteiger partial charge on any atom is 0.251 e. The van der Waals surface area contributed by atoms with E-state index >= 15 is 0 Å². The number of aromatic nitrogens is 5. The molecule has 144 valence electrons. The van der Waals surface area contributed by atoms with Gasteiger partial charge < -0.3 is 10.6 Å². The summed E-state index contributed by atoms with van der Waals surface area (Å²) >= 11 is 1.24. The second-order valence-corrected chi connectivity index (χ2v) is 6.77. The van der Waals surface area contributed by atoms with E-state index in [1.165, 1.54) is 16.4 Å². The average Bonchev–Trinajstić information content (AvgIpc) is 3.12. The summed E-state index contributed by atoms with van der Waals surface area (Å²) in [4.78, 5) is 28.4. The van der Waals surface area contributed by atoms with Crippen LogP contribution in [0.25, 0.3) is 0 Å². The second-order valence-electron chi connectivity index (χ2n) is 5.83. The molecule has 0 saturated carbocycles. The van der Waals surface area contributed by atoms with Gasteiger partial charge >= 0.3 is 0 Å². The van der Waals surface area contributed by atoms with Gasteiger partial charge in [0.15, 0.2) is 0 Å². The number of hydrogen-bond donors (Lipinski definition) is 2. The van der Waals surface area contributed by atoms with Crippen LogP contribution in [-0.4, -0.2) is 49.3 Å². The molecule has 0 bridgehead atoms. The van der Waals surface area contributed by atoms with E-state index in [0.29, 0.717) is 29.4 Å². The van der Waals surface area contributed by atoms with Crippen molar-refractivity contribution >= 4 is 29.3 Å². The first-order valence-electron chi connectivity index (χ1n) is 8.55. The predicted octanol–water partition coefficient (Wildman–Crippen LogP) is 1.31. The van der Waals surface area contributed by atoms with Crippen LogP contribution in [0, 0.1) is 0 Å². The minimum atomic E-state index is -0.180. The van der Waals surface area contributed by atoms with Crippen LogP contribution in [-0.2, 0) is 18.3 Å². The van der Waals surface area contributed by atoms with Crippen LogP contribution in [0.15, 0.2) is 53.8 Å². The molecule has 0 aliphatic heterocycles. The lowest BCUT2D eigenvalue weighted by molar-refractivity contribution is -0.113. The number of rotatable bonds is 8. The third kappa shape index (κ3) is 5.61. The van der Waals surface area contributed by atoms with Crippen molar-refractivity contribution in [2.75, 3.05) is 17.6 Å². The van der Waals surface area contributed by atoms with Gasteiger partial charge in [-0.05, 0) is 46.8 Å². The fourth-order valence-corrected chi connectivity index (χ4v) is 2.98. The molecule has 1 aromatic carbocycles. The van der Waals surface area contributed by atoms with E-state index in [0.717, 1.165) is 5.69 Å². The van der Waals surface area contributed by atoms with Gasteiger partial charge in [0, 0.05) is 43.2 Å². The molecule has 0 spiro atoms. The van der Waals surface area contributed by atoms with Gasteiger partial charge in [0.1, 0.15) is 0 Å². The van der Waals surface area contributed by atoms with Crippen LogP contribution in [0.4, 0.5) is 5.69 Å². The van der Waals surface area contributed by atoms with Gasteiger partial charge in [-0.1, -0.05) is 17.8 Å². The quantitative estimate of drug-likeness (QED) is 0.551. The number of carbonyl (C=O) groups excluding carboxylic acids is 2. The highest BCUT2D eigenvalue weighted by molar-refractivity contribution is 7.99. The average molecular weight is 397 g/mol. The zero-order chi connectivity index (χ0) is 19.8. The summed E-state index contributed by atoms with van der Waals surface area (Å²) < 4.78 is 1.50. The Bertz CT molecular complexity index is 929. The topological polar surface area (TPSA) is 115 Å². The Kier molecular flexibility index (Phi) is 6.68. The van der Waals surface area contributed by atoms with Crippen molar-refractivity contribution in [2.45, 2.75) is 11.6 Å². The van der Waals surface area contributed by atoms with Gasteiger partial charge in [0.2, 0.25) is 11.1 Å². The lowest BCUT2D eigenvalue weighted by atomic mass is 10.2. The highest BCUT2D eigenvalue weighted by atomic mass is 32.2. The molecular formula is C18H19N7O2S. The summed E-state index contributed by atoms with van der Waals surface area (Å²) in [7, 11) is 1.71. The monoisotopic (exact) mass is 397 g/mol. The Labute approximate surface area is 165 Å². The van der Waals surface area contributed by atoms with Crippen molar-refractivity contribution in [3.05, 3.63) is 59.9 Å². The van der Waals surface area contributed by atoms with Crippen molar-refractivity contribution < 1.29 is 9.59 Å². The Hall–Kier alpha value is -3.27. The molecule has 3 rings (SSSR count). The van der Waals surface area contributed by atoms with Gasteiger partial charge in [-0.25, -0.2) is 4.68 Å². The van der Waals surface area contributed by atoms with Gasteiger partial charge in [0.05, 0.1) is 5.75 Å². The third-order valence-corrected chi connectivity index (χ3v) is 4.75. The number of benzene rings is 1. The van der Waals surface area contributed by atoms with Crippen molar-refractivity contribution in [1.29, 1.82) is 0 Å². The van der Waals surface area contributed by atoms with Gasteiger partial charge in [-0.15, -0.1) is 5.10 Å². The number of pyridine rings is 1. The summed E-state index contributed by atoms with van der Waals surface area (Å²) in [5.41, 5.74) is 2.07. The van der Waals surface area contributed by atoms with Crippen molar-refractivity contribution in [3.63, 3.8) is 0 Å². The first-order valence-corrected chi connectivity index (χ1v) is 9.53. The van der Waals surface area contributed by atoms with E-state index in [-0.39, 0.29) is 17.6 Å². The first-order chi connectivity index (χ1) is 13.6. The van der Waals surface area contributed by atoms with Crippen LogP contribution in [0.2, 0.25) is 0 Å². The Morgan fingerprint density at radius 2 is 1.96 bits per heavy atom. The van der Waals surface area contributed by atoms with E-state index in [4.69, 9.17) is 0 Å². The number of nitrogens with zero attached hydrogens (tertiary/aromatic N) is 5. The highest BCUT2D eigenvalue weighted by Crippen LogP contribution is 2.14.